The lowest BCUT2D eigenvalue weighted by atomic mass is 10.1. The van der Waals surface area contributed by atoms with Crippen molar-refractivity contribution in [3.8, 4) is 0 Å². The van der Waals surface area contributed by atoms with E-state index in [0.717, 1.165) is 11.3 Å². The predicted molar refractivity (Wildman–Crippen MR) is 107 cm³/mol. The summed E-state index contributed by atoms with van der Waals surface area (Å²) in [4.78, 5) is 0. The van der Waals surface area contributed by atoms with E-state index in [0.29, 0.717) is 22.2 Å². The number of nitrogens with two attached hydrogens (primary N) is 2. The summed E-state index contributed by atoms with van der Waals surface area (Å²) in [5.41, 5.74) is 12.1. The lowest BCUT2D eigenvalue weighted by Gasteiger charge is -2.04. The first kappa shape index (κ1) is 18.7. The Hall–Kier alpha value is -2.07. The van der Waals surface area contributed by atoms with Crippen molar-refractivity contribution in [1.82, 2.24) is 3.97 Å². The summed E-state index contributed by atoms with van der Waals surface area (Å²) in [6.45, 7) is 1.68. The van der Waals surface area contributed by atoms with Gasteiger partial charge in [-0.1, -0.05) is 41.4 Å². The summed E-state index contributed by atoms with van der Waals surface area (Å²) in [5, 5.41) is 8.44. The molecule has 0 fully saturated rings. The van der Waals surface area contributed by atoms with E-state index < -0.39 is 10.0 Å². The molecule has 0 aliphatic carbocycles. The summed E-state index contributed by atoms with van der Waals surface area (Å²) in [6.07, 6.45) is 1.47. The van der Waals surface area contributed by atoms with Crippen molar-refractivity contribution in [2.75, 3.05) is 0 Å². The van der Waals surface area contributed by atoms with E-state index in [-0.39, 0.29) is 19.5 Å². The van der Waals surface area contributed by atoms with Crippen molar-refractivity contribution in [1.29, 1.82) is 0 Å². The molecule has 0 aliphatic heterocycles. The van der Waals surface area contributed by atoms with Crippen LogP contribution in [0.4, 0.5) is 0 Å². The maximum absolute atomic E-state index is 13.1. The first-order chi connectivity index (χ1) is 12.2. The van der Waals surface area contributed by atoms with Gasteiger partial charge in [0.25, 0.3) is 10.0 Å². The number of thiophene rings is 1. The maximum atomic E-state index is 13.1. The Morgan fingerprint density at radius 2 is 1.88 bits per heavy atom. The molecule has 3 rings (SSSR count). The Morgan fingerprint density at radius 3 is 2.50 bits per heavy atom. The third kappa shape index (κ3) is 3.30. The summed E-state index contributed by atoms with van der Waals surface area (Å²) >= 11 is 12.7. The molecular weight excluding hydrogens is 417 g/mol. The standard InChI is InChI=1S/C15H13Cl2N5O2S2/c1-8(20-21-15(18)19)10-7-22(12-5-3-2-4-9(10)12)26(23,24)13-6-11(16)14(17)25-13/h2-7H,1H3,(H4,18,19,21). The molecule has 136 valence electrons. The molecule has 26 heavy (non-hydrogen) atoms. The van der Waals surface area contributed by atoms with Crippen molar-refractivity contribution < 1.29 is 8.42 Å². The Balaban J connectivity index is 2.25. The number of hydrogen-bond donors (Lipinski definition) is 2. The highest BCUT2D eigenvalue weighted by Crippen LogP contribution is 2.36. The van der Waals surface area contributed by atoms with Gasteiger partial charge < -0.3 is 11.5 Å². The van der Waals surface area contributed by atoms with Gasteiger partial charge in [0, 0.05) is 17.1 Å². The van der Waals surface area contributed by atoms with Gasteiger partial charge in [-0.3, -0.25) is 0 Å². The Kier molecular flexibility index (Phi) is 4.98. The Morgan fingerprint density at radius 1 is 1.19 bits per heavy atom. The Labute approximate surface area is 163 Å². The number of halogens is 2. The monoisotopic (exact) mass is 429 g/mol. The number of aromatic nitrogens is 1. The number of nitrogens with zero attached hydrogens (tertiary/aromatic N) is 3. The van der Waals surface area contributed by atoms with Crippen molar-refractivity contribution in [2.45, 2.75) is 11.1 Å². The number of guanidine groups is 1. The van der Waals surface area contributed by atoms with Crippen LogP contribution in [0.5, 0.6) is 0 Å². The molecule has 4 N–H and O–H groups in total. The van der Waals surface area contributed by atoms with Crippen LogP contribution in [0, 0.1) is 0 Å². The lowest BCUT2D eigenvalue weighted by molar-refractivity contribution is 0.591. The van der Waals surface area contributed by atoms with Crippen LogP contribution in [0.25, 0.3) is 10.9 Å². The average molecular weight is 430 g/mol. The fourth-order valence-corrected chi connectivity index (χ4v) is 5.71. The molecule has 0 spiro atoms. The van der Waals surface area contributed by atoms with Crippen LogP contribution in [0.3, 0.4) is 0 Å². The summed E-state index contributed by atoms with van der Waals surface area (Å²) in [7, 11) is -3.89. The number of fused-ring (bicyclic) bond motifs is 1. The van der Waals surface area contributed by atoms with E-state index >= 15 is 0 Å². The van der Waals surface area contributed by atoms with Gasteiger partial charge in [0.2, 0.25) is 5.96 Å². The molecule has 0 aliphatic rings. The zero-order chi connectivity index (χ0) is 19.1. The normalized spacial score (nSPS) is 12.5. The van der Waals surface area contributed by atoms with Gasteiger partial charge in [0.15, 0.2) is 0 Å². The van der Waals surface area contributed by atoms with Gasteiger partial charge in [-0.15, -0.1) is 16.4 Å². The Bertz CT molecular complexity index is 1140. The van der Waals surface area contributed by atoms with Crippen LogP contribution < -0.4 is 11.5 Å². The second-order valence-electron chi connectivity index (χ2n) is 5.26. The van der Waals surface area contributed by atoms with Crippen molar-refractivity contribution in [3.63, 3.8) is 0 Å². The van der Waals surface area contributed by atoms with Gasteiger partial charge in [0.05, 0.1) is 16.3 Å². The van der Waals surface area contributed by atoms with Gasteiger partial charge in [-0.05, 0) is 19.1 Å². The van der Waals surface area contributed by atoms with Crippen molar-refractivity contribution >= 4 is 67.1 Å². The van der Waals surface area contributed by atoms with Gasteiger partial charge in [0.1, 0.15) is 8.55 Å². The third-order valence-electron chi connectivity index (χ3n) is 3.52. The van der Waals surface area contributed by atoms with Gasteiger partial charge in [-0.2, -0.15) is 13.5 Å². The minimum atomic E-state index is -3.89. The molecule has 2 heterocycles. The van der Waals surface area contributed by atoms with E-state index in [1.165, 1.54) is 16.2 Å². The molecule has 0 bridgehead atoms. The fraction of sp³-hybridized carbons (Fsp3) is 0.0667. The highest BCUT2D eigenvalue weighted by Gasteiger charge is 2.25. The molecule has 11 heteroatoms. The SMILES string of the molecule is CC(=NN=C(N)N)c1cn(S(=O)(=O)c2cc(Cl)c(Cl)s2)c2ccccc12. The quantitative estimate of drug-likeness (QED) is 0.376. The molecule has 0 unspecified atom stereocenters. The zero-order valence-electron chi connectivity index (χ0n) is 13.3. The number of para-hydroxylation sites is 1. The maximum Gasteiger partial charge on any atom is 0.277 e. The minimum absolute atomic E-state index is 0.0404. The largest absolute Gasteiger partial charge is 0.369 e. The number of rotatable bonds is 4. The minimum Gasteiger partial charge on any atom is -0.369 e. The fourth-order valence-electron chi connectivity index (χ4n) is 2.37. The average Bonchev–Trinajstić information content (AvgIpc) is 3.14. The number of hydrogen-bond acceptors (Lipinski definition) is 5. The first-order valence-electron chi connectivity index (χ1n) is 7.16. The molecule has 0 saturated heterocycles. The van der Waals surface area contributed by atoms with Gasteiger partial charge >= 0.3 is 0 Å². The molecule has 0 radical (unpaired) electrons. The smallest absolute Gasteiger partial charge is 0.277 e. The molecule has 2 aromatic heterocycles. The van der Waals surface area contributed by atoms with E-state index in [4.69, 9.17) is 34.7 Å². The molecule has 7 nitrogen and oxygen atoms in total. The third-order valence-corrected chi connectivity index (χ3v) is 7.51. The molecule has 1 aromatic carbocycles. The van der Waals surface area contributed by atoms with E-state index in [1.54, 1.807) is 31.2 Å². The molecule has 3 aromatic rings. The molecule has 0 atom stereocenters. The second kappa shape index (κ2) is 6.92. The predicted octanol–water partition coefficient (Wildman–Crippen LogP) is 3.24. The molecule has 0 amide bonds. The second-order valence-corrected chi connectivity index (χ2v) is 9.36. The van der Waals surface area contributed by atoms with Crippen LogP contribution in [-0.4, -0.2) is 24.1 Å². The molecular formula is C15H13Cl2N5O2S2. The lowest BCUT2D eigenvalue weighted by Crippen LogP contribution is -2.22. The van der Waals surface area contributed by atoms with Crippen LogP contribution in [0.2, 0.25) is 9.36 Å². The van der Waals surface area contributed by atoms with Crippen LogP contribution in [0.15, 0.2) is 50.9 Å². The highest BCUT2D eigenvalue weighted by molar-refractivity contribution is 7.92. The highest BCUT2D eigenvalue weighted by atomic mass is 35.5. The van der Waals surface area contributed by atoms with E-state index in [2.05, 4.69) is 10.2 Å². The van der Waals surface area contributed by atoms with Crippen LogP contribution in [0.1, 0.15) is 12.5 Å². The van der Waals surface area contributed by atoms with Crippen molar-refractivity contribution in [3.05, 3.63) is 51.5 Å². The topological polar surface area (TPSA) is 116 Å². The summed E-state index contributed by atoms with van der Waals surface area (Å²) < 4.78 is 27.6. The first-order valence-corrected chi connectivity index (χ1v) is 10.2. The van der Waals surface area contributed by atoms with E-state index in [9.17, 15) is 8.42 Å². The zero-order valence-corrected chi connectivity index (χ0v) is 16.5. The van der Waals surface area contributed by atoms with Crippen LogP contribution in [-0.2, 0) is 10.0 Å². The summed E-state index contributed by atoms with van der Waals surface area (Å²) in [5.74, 6) is -0.191. The summed E-state index contributed by atoms with van der Waals surface area (Å²) in [6, 6.07) is 8.36. The van der Waals surface area contributed by atoms with Crippen molar-refractivity contribution in [2.24, 2.45) is 21.7 Å². The van der Waals surface area contributed by atoms with Gasteiger partial charge in [-0.25, -0.2) is 3.97 Å². The van der Waals surface area contributed by atoms with E-state index in [1.807, 2.05) is 0 Å². The number of benzene rings is 1. The molecule has 0 saturated carbocycles. The van der Waals surface area contributed by atoms with Crippen LogP contribution >= 0.6 is 34.5 Å².